The molecule has 0 bridgehead atoms. The van der Waals surface area contributed by atoms with Gasteiger partial charge in [0.25, 0.3) is 0 Å². The first-order valence-electron chi connectivity index (χ1n) is 5.06. The Labute approximate surface area is 116 Å². The molecule has 0 aliphatic rings. The monoisotopic (exact) mass is 333 g/mol. The van der Waals surface area contributed by atoms with Gasteiger partial charge in [0.2, 0.25) is 0 Å². The van der Waals surface area contributed by atoms with E-state index < -0.39 is 0 Å². The van der Waals surface area contributed by atoms with Crippen LogP contribution in [-0.4, -0.2) is 30.5 Å². The molecule has 0 spiro atoms. The van der Waals surface area contributed by atoms with Gasteiger partial charge in [0.1, 0.15) is 10.0 Å². The molecule has 0 aromatic carbocycles. The van der Waals surface area contributed by atoms with Crippen molar-refractivity contribution in [1.82, 2.24) is 15.5 Å². The van der Waals surface area contributed by atoms with Crippen molar-refractivity contribution in [3.8, 4) is 10.6 Å². The highest BCUT2D eigenvalue weighted by atomic mass is 79.9. The average Bonchev–Trinajstić information content (AvgIpc) is 2.93. The summed E-state index contributed by atoms with van der Waals surface area (Å²) in [6, 6.07) is 2.06. The highest BCUT2D eigenvalue weighted by molar-refractivity contribution is 9.11. The molecule has 0 saturated heterocycles. The third kappa shape index (κ3) is 3.82. The maximum atomic E-state index is 4.96. The third-order valence-corrected chi connectivity index (χ3v) is 4.52. The SMILES string of the molecule is COCCNCc1nnc(-c2csc(Br)c2)s1. The first-order chi connectivity index (χ1) is 8.29. The maximum absolute atomic E-state index is 4.96. The fourth-order valence-electron chi connectivity index (χ4n) is 1.23. The summed E-state index contributed by atoms with van der Waals surface area (Å²) in [6.45, 7) is 2.28. The smallest absolute Gasteiger partial charge is 0.148 e. The minimum absolute atomic E-state index is 0.711. The molecule has 17 heavy (non-hydrogen) atoms. The van der Waals surface area contributed by atoms with Crippen molar-refractivity contribution in [3.63, 3.8) is 0 Å². The Kier molecular flexibility index (Phi) is 5.05. The van der Waals surface area contributed by atoms with E-state index in [2.05, 4.69) is 42.9 Å². The number of aromatic nitrogens is 2. The maximum Gasteiger partial charge on any atom is 0.148 e. The van der Waals surface area contributed by atoms with Crippen molar-refractivity contribution < 1.29 is 4.74 Å². The molecule has 2 aromatic rings. The predicted molar refractivity (Wildman–Crippen MR) is 74.5 cm³/mol. The van der Waals surface area contributed by atoms with Crippen LogP contribution in [0.2, 0.25) is 0 Å². The molecule has 0 unspecified atom stereocenters. The number of methoxy groups -OCH3 is 1. The van der Waals surface area contributed by atoms with Gasteiger partial charge in [-0.2, -0.15) is 0 Å². The number of nitrogens with zero attached hydrogens (tertiary/aromatic N) is 2. The van der Waals surface area contributed by atoms with Gasteiger partial charge in [0.05, 0.1) is 10.4 Å². The summed E-state index contributed by atoms with van der Waals surface area (Å²) in [6.07, 6.45) is 0. The Bertz CT molecular complexity index is 472. The van der Waals surface area contributed by atoms with Crippen molar-refractivity contribution in [1.29, 1.82) is 0 Å². The van der Waals surface area contributed by atoms with Gasteiger partial charge in [0.15, 0.2) is 0 Å². The zero-order valence-electron chi connectivity index (χ0n) is 9.27. The lowest BCUT2D eigenvalue weighted by atomic mass is 10.4. The molecule has 0 fully saturated rings. The van der Waals surface area contributed by atoms with Crippen LogP contribution < -0.4 is 5.32 Å². The van der Waals surface area contributed by atoms with Crippen molar-refractivity contribution in [2.24, 2.45) is 0 Å². The molecule has 0 saturated carbocycles. The van der Waals surface area contributed by atoms with E-state index in [-0.39, 0.29) is 0 Å². The molecule has 92 valence electrons. The van der Waals surface area contributed by atoms with Crippen LogP contribution in [0.25, 0.3) is 10.6 Å². The molecule has 4 nitrogen and oxygen atoms in total. The minimum Gasteiger partial charge on any atom is -0.383 e. The van der Waals surface area contributed by atoms with Gasteiger partial charge in [-0.3, -0.25) is 0 Å². The van der Waals surface area contributed by atoms with E-state index in [4.69, 9.17) is 4.74 Å². The second kappa shape index (κ2) is 6.55. The summed E-state index contributed by atoms with van der Waals surface area (Å²) in [5.41, 5.74) is 1.13. The first kappa shape index (κ1) is 13.1. The molecule has 2 aromatic heterocycles. The van der Waals surface area contributed by atoms with Crippen molar-refractivity contribution in [2.45, 2.75) is 6.54 Å². The zero-order chi connectivity index (χ0) is 12.1. The lowest BCUT2D eigenvalue weighted by Gasteiger charge is -1.99. The van der Waals surface area contributed by atoms with Crippen LogP contribution in [0.4, 0.5) is 0 Å². The van der Waals surface area contributed by atoms with Crippen molar-refractivity contribution in [3.05, 3.63) is 20.2 Å². The van der Waals surface area contributed by atoms with E-state index in [1.165, 1.54) is 0 Å². The molecule has 0 aliphatic heterocycles. The summed E-state index contributed by atoms with van der Waals surface area (Å²) in [5.74, 6) is 0. The Morgan fingerprint density at radius 1 is 1.47 bits per heavy atom. The van der Waals surface area contributed by atoms with Gasteiger partial charge < -0.3 is 10.1 Å². The highest BCUT2D eigenvalue weighted by Gasteiger charge is 2.07. The summed E-state index contributed by atoms with van der Waals surface area (Å²) in [4.78, 5) is 0. The van der Waals surface area contributed by atoms with Gasteiger partial charge in [0, 0.05) is 31.1 Å². The third-order valence-electron chi connectivity index (χ3n) is 2.04. The molecular weight excluding hydrogens is 322 g/mol. The summed E-state index contributed by atoms with van der Waals surface area (Å²) in [7, 11) is 1.69. The largest absolute Gasteiger partial charge is 0.383 e. The van der Waals surface area contributed by atoms with Crippen molar-refractivity contribution in [2.75, 3.05) is 20.3 Å². The van der Waals surface area contributed by atoms with Gasteiger partial charge in [-0.15, -0.1) is 21.5 Å². The van der Waals surface area contributed by atoms with Crippen LogP contribution in [-0.2, 0) is 11.3 Å². The fourth-order valence-corrected chi connectivity index (χ4v) is 3.25. The van der Waals surface area contributed by atoms with Crippen molar-refractivity contribution >= 4 is 38.6 Å². The Hall–Kier alpha value is -0.340. The van der Waals surface area contributed by atoms with Gasteiger partial charge >= 0.3 is 0 Å². The number of hydrogen-bond donors (Lipinski definition) is 1. The second-order valence-electron chi connectivity index (χ2n) is 3.31. The van der Waals surface area contributed by atoms with Crippen LogP contribution >= 0.6 is 38.6 Å². The minimum atomic E-state index is 0.711. The number of hydrogen-bond acceptors (Lipinski definition) is 6. The molecule has 2 heterocycles. The zero-order valence-corrected chi connectivity index (χ0v) is 12.5. The summed E-state index contributed by atoms with van der Waals surface area (Å²) in [5, 5.41) is 15.6. The number of rotatable bonds is 6. The van der Waals surface area contributed by atoms with E-state index in [1.54, 1.807) is 29.8 Å². The standard InChI is InChI=1S/C10H12BrN3OS2/c1-15-3-2-12-5-9-13-14-10(17-9)7-4-8(11)16-6-7/h4,6,12H,2-3,5H2,1H3. The Morgan fingerprint density at radius 3 is 3.06 bits per heavy atom. The topological polar surface area (TPSA) is 47.0 Å². The summed E-state index contributed by atoms with van der Waals surface area (Å²) < 4.78 is 6.07. The van der Waals surface area contributed by atoms with E-state index in [1.807, 2.05) is 0 Å². The molecule has 0 amide bonds. The van der Waals surface area contributed by atoms with Gasteiger partial charge in [-0.1, -0.05) is 11.3 Å². The van der Waals surface area contributed by atoms with E-state index in [0.29, 0.717) is 6.61 Å². The van der Waals surface area contributed by atoms with Crippen LogP contribution in [0.5, 0.6) is 0 Å². The van der Waals surface area contributed by atoms with E-state index >= 15 is 0 Å². The average molecular weight is 334 g/mol. The number of ether oxygens (including phenoxy) is 1. The van der Waals surface area contributed by atoms with Crippen LogP contribution in [0.15, 0.2) is 15.2 Å². The quantitative estimate of drug-likeness (QED) is 0.826. The number of halogens is 1. The molecule has 7 heteroatoms. The predicted octanol–water partition coefficient (Wildman–Crippen LogP) is 2.77. The molecule has 0 radical (unpaired) electrons. The molecule has 0 aliphatic carbocycles. The number of thiophene rings is 1. The highest BCUT2D eigenvalue weighted by Crippen LogP contribution is 2.30. The first-order valence-corrected chi connectivity index (χ1v) is 7.55. The van der Waals surface area contributed by atoms with E-state index in [0.717, 1.165) is 32.5 Å². The second-order valence-corrected chi connectivity index (χ2v) is 6.66. The Morgan fingerprint density at radius 2 is 2.35 bits per heavy atom. The van der Waals surface area contributed by atoms with Gasteiger partial charge in [-0.25, -0.2) is 0 Å². The van der Waals surface area contributed by atoms with Crippen LogP contribution in [0, 0.1) is 0 Å². The van der Waals surface area contributed by atoms with E-state index in [9.17, 15) is 0 Å². The fraction of sp³-hybridized carbons (Fsp3) is 0.400. The summed E-state index contributed by atoms with van der Waals surface area (Å²) >= 11 is 6.72. The molecule has 2 rings (SSSR count). The Balaban J connectivity index is 1.92. The lowest BCUT2D eigenvalue weighted by molar-refractivity contribution is 0.199. The normalized spacial score (nSPS) is 10.9. The molecular formula is C10H12BrN3OS2. The van der Waals surface area contributed by atoms with Crippen LogP contribution in [0.1, 0.15) is 5.01 Å². The lowest BCUT2D eigenvalue weighted by Crippen LogP contribution is -2.18. The van der Waals surface area contributed by atoms with Gasteiger partial charge in [-0.05, 0) is 22.0 Å². The van der Waals surface area contributed by atoms with Crippen LogP contribution in [0.3, 0.4) is 0 Å². The molecule has 1 N–H and O–H groups in total. The number of nitrogens with one attached hydrogen (secondary N) is 1. The molecule has 0 atom stereocenters.